The number of nitrogens with zero attached hydrogens (tertiary/aromatic N) is 4. The van der Waals surface area contributed by atoms with Gasteiger partial charge in [0.2, 0.25) is 5.91 Å². The van der Waals surface area contributed by atoms with Crippen LogP contribution in [0.1, 0.15) is 59.2 Å². The zero-order chi connectivity index (χ0) is 36.1. The van der Waals surface area contributed by atoms with Crippen LogP contribution in [0, 0.1) is 0 Å². The molecule has 272 valence electrons. The number of anilines is 1. The van der Waals surface area contributed by atoms with Crippen LogP contribution < -0.4 is 29.6 Å². The van der Waals surface area contributed by atoms with E-state index in [0.717, 1.165) is 30.4 Å². The standard InChI is InChI=1S/C38H47N5O8/c1-24-14-26-20-40-30-18-34(32(47-3)16-28(30)37(45)41(26)21-24)50-10-6-5-7-11-51-35-19-31-29(17-33(35)48-4)38(46)42-22-25(2)15-27(42)23-43(31)36(44)8-12-49-13-9-39/h16-20,26-27H,1-2,5-15,21-23,39H2,3-4H3/t26-,27-/m0/s1. The smallest absolute Gasteiger partial charge is 0.257 e. The number of aliphatic imine (C=N–C) groups is 1. The lowest BCUT2D eigenvalue weighted by Gasteiger charge is -2.26. The third-order valence-corrected chi connectivity index (χ3v) is 9.59. The average molecular weight is 702 g/mol. The van der Waals surface area contributed by atoms with E-state index in [4.69, 9.17) is 29.4 Å². The van der Waals surface area contributed by atoms with Gasteiger partial charge in [-0.05, 0) is 44.2 Å². The van der Waals surface area contributed by atoms with E-state index in [-0.39, 0.29) is 42.8 Å². The highest BCUT2D eigenvalue weighted by atomic mass is 16.5. The van der Waals surface area contributed by atoms with Gasteiger partial charge in [0.25, 0.3) is 11.8 Å². The normalized spacial score (nSPS) is 19.3. The third-order valence-electron chi connectivity index (χ3n) is 9.59. The second kappa shape index (κ2) is 16.0. The molecule has 4 aliphatic heterocycles. The molecule has 0 aliphatic carbocycles. The molecule has 2 N–H and O–H groups in total. The van der Waals surface area contributed by atoms with Gasteiger partial charge >= 0.3 is 0 Å². The predicted molar refractivity (Wildman–Crippen MR) is 193 cm³/mol. The maximum Gasteiger partial charge on any atom is 0.257 e. The molecule has 0 saturated carbocycles. The summed E-state index contributed by atoms with van der Waals surface area (Å²) in [6.45, 7) is 11.3. The fraction of sp³-hybridized carbons (Fsp3) is 0.474. The Balaban J connectivity index is 1.07. The minimum atomic E-state index is -0.163. The Hall–Kier alpha value is -4.88. The van der Waals surface area contributed by atoms with Crippen molar-refractivity contribution in [3.05, 3.63) is 59.7 Å². The lowest BCUT2D eigenvalue weighted by molar-refractivity contribution is -0.119. The summed E-state index contributed by atoms with van der Waals surface area (Å²) in [6.07, 6.45) is 5.60. The SMILES string of the molecule is C=C1C[C@H]2CN(C(=O)CCOCCN)c3cc(OCCCCCOc4cc5c(cc4OC)C(=O)N4CC(=C)C[C@H]4C=N5)c(OC)cc3C(=O)N2C1. The van der Waals surface area contributed by atoms with E-state index >= 15 is 0 Å². The summed E-state index contributed by atoms with van der Waals surface area (Å²) in [7, 11) is 3.08. The van der Waals surface area contributed by atoms with E-state index in [1.54, 1.807) is 46.1 Å². The number of benzene rings is 2. The molecular weight excluding hydrogens is 654 g/mol. The van der Waals surface area contributed by atoms with Crippen LogP contribution in [0.5, 0.6) is 23.0 Å². The van der Waals surface area contributed by atoms with Crippen LogP contribution in [-0.2, 0) is 9.53 Å². The first kappa shape index (κ1) is 35.9. The minimum Gasteiger partial charge on any atom is -0.493 e. The van der Waals surface area contributed by atoms with Gasteiger partial charge < -0.3 is 44.1 Å². The number of carbonyl (C=O) groups excluding carboxylic acids is 3. The number of hydrogen-bond acceptors (Lipinski definition) is 10. The highest BCUT2D eigenvalue weighted by molar-refractivity contribution is 6.07. The Morgan fingerprint density at radius 3 is 2.18 bits per heavy atom. The van der Waals surface area contributed by atoms with Crippen LogP contribution in [0.4, 0.5) is 11.4 Å². The van der Waals surface area contributed by atoms with Crippen molar-refractivity contribution in [2.24, 2.45) is 10.7 Å². The summed E-state index contributed by atoms with van der Waals surface area (Å²) in [5.74, 6) is 1.49. The molecule has 6 rings (SSSR count). The third kappa shape index (κ3) is 7.74. The summed E-state index contributed by atoms with van der Waals surface area (Å²) in [5, 5.41) is 0. The van der Waals surface area contributed by atoms with E-state index in [9.17, 15) is 14.4 Å². The first-order chi connectivity index (χ1) is 24.7. The number of rotatable bonds is 15. The zero-order valence-corrected chi connectivity index (χ0v) is 29.5. The molecule has 2 aromatic carbocycles. The van der Waals surface area contributed by atoms with Crippen LogP contribution in [0.25, 0.3) is 0 Å². The predicted octanol–water partition coefficient (Wildman–Crippen LogP) is 4.30. The van der Waals surface area contributed by atoms with Gasteiger partial charge in [0.15, 0.2) is 23.0 Å². The van der Waals surface area contributed by atoms with Gasteiger partial charge in [-0.15, -0.1) is 0 Å². The summed E-state index contributed by atoms with van der Waals surface area (Å²) in [5.41, 5.74) is 9.44. The number of nitrogens with two attached hydrogens (primary N) is 1. The zero-order valence-electron chi connectivity index (χ0n) is 29.5. The number of methoxy groups -OCH3 is 2. The van der Waals surface area contributed by atoms with Crippen molar-refractivity contribution in [1.29, 1.82) is 0 Å². The van der Waals surface area contributed by atoms with Crippen molar-refractivity contribution in [2.75, 3.05) is 71.7 Å². The van der Waals surface area contributed by atoms with Crippen molar-refractivity contribution in [2.45, 2.75) is 50.6 Å². The Bertz CT molecular complexity index is 1720. The van der Waals surface area contributed by atoms with Crippen molar-refractivity contribution in [1.82, 2.24) is 9.80 Å². The summed E-state index contributed by atoms with van der Waals surface area (Å²) in [6, 6.07) is 6.62. The quantitative estimate of drug-likeness (QED) is 0.212. The highest BCUT2D eigenvalue weighted by Gasteiger charge is 2.40. The second-order valence-corrected chi connectivity index (χ2v) is 13.2. The monoisotopic (exact) mass is 701 g/mol. The minimum absolute atomic E-state index is 0.0880. The molecular formula is C38H47N5O8. The first-order valence-corrected chi connectivity index (χ1v) is 17.5. The number of carbonyl (C=O) groups is 3. The maximum absolute atomic E-state index is 13.7. The van der Waals surface area contributed by atoms with Gasteiger partial charge in [-0.25, -0.2) is 0 Å². The Kier molecular flexibility index (Phi) is 11.3. The fourth-order valence-corrected chi connectivity index (χ4v) is 7.02. The molecule has 51 heavy (non-hydrogen) atoms. The molecule has 4 heterocycles. The van der Waals surface area contributed by atoms with Gasteiger partial charge in [-0.1, -0.05) is 24.3 Å². The van der Waals surface area contributed by atoms with Crippen molar-refractivity contribution in [3.8, 4) is 23.0 Å². The number of unbranched alkanes of at least 4 members (excludes halogenated alkanes) is 2. The van der Waals surface area contributed by atoms with Crippen LogP contribution in [0.3, 0.4) is 0 Å². The molecule has 2 aromatic rings. The van der Waals surface area contributed by atoms with E-state index < -0.39 is 0 Å². The van der Waals surface area contributed by atoms with E-state index in [1.807, 2.05) is 6.21 Å². The fourth-order valence-electron chi connectivity index (χ4n) is 7.02. The number of amides is 3. The van der Waals surface area contributed by atoms with Gasteiger partial charge in [0, 0.05) is 44.5 Å². The largest absolute Gasteiger partial charge is 0.493 e. The number of hydrogen-bond donors (Lipinski definition) is 1. The van der Waals surface area contributed by atoms with Crippen LogP contribution in [0.2, 0.25) is 0 Å². The topological polar surface area (TPSA) is 145 Å². The molecule has 2 saturated heterocycles. The van der Waals surface area contributed by atoms with Crippen LogP contribution in [0.15, 0.2) is 53.6 Å². The van der Waals surface area contributed by atoms with Gasteiger partial charge in [0.05, 0.1) is 81.7 Å². The van der Waals surface area contributed by atoms with Crippen LogP contribution >= 0.6 is 0 Å². The van der Waals surface area contributed by atoms with E-state index in [0.29, 0.717) is 104 Å². The highest BCUT2D eigenvalue weighted by Crippen LogP contribution is 2.41. The molecule has 0 aromatic heterocycles. The maximum atomic E-state index is 13.7. The molecule has 13 nitrogen and oxygen atoms in total. The second-order valence-electron chi connectivity index (χ2n) is 13.2. The molecule has 2 fully saturated rings. The van der Waals surface area contributed by atoms with Gasteiger partial charge in [0.1, 0.15) is 0 Å². The molecule has 13 heteroatoms. The van der Waals surface area contributed by atoms with Gasteiger partial charge in [-0.3, -0.25) is 19.4 Å². The summed E-state index contributed by atoms with van der Waals surface area (Å²) >= 11 is 0. The van der Waals surface area contributed by atoms with E-state index in [2.05, 4.69) is 18.2 Å². The molecule has 3 amide bonds. The van der Waals surface area contributed by atoms with Crippen molar-refractivity contribution >= 4 is 35.3 Å². The molecule has 0 bridgehead atoms. The first-order valence-electron chi connectivity index (χ1n) is 17.5. The Morgan fingerprint density at radius 2 is 1.47 bits per heavy atom. The molecule has 0 radical (unpaired) electrons. The van der Waals surface area contributed by atoms with E-state index in [1.165, 1.54) is 7.11 Å². The molecule has 0 unspecified atom stereocenters. The Morgan fingerprint density at radius 1 is 0.824 bits per heavy atom. The summed E-state index contributed by atoms with van der Waals surface area (Å²) < 4.78 is 29.0. The molecule has 4 aliphatic rings. The lowest BCUT2D eigenvalue weighted by Crippen LogP contribution is -2.42. The average Bonchev–Trinajstić information content (AvgIpc) is 3.64. The summed E-state index contributed by atoms with van der Waals surface area (Å²) in [4.78, 5) is 50.3. The number of ether oxygens (including phenoxy) is 5. The van der Waals surface area contributed by atoms with Crippen molar-refractivity contribution in [3.63, 3.8) is 0 Å². The van der Waals surface area contributed by atoms with Crippen molar-refractivity contribution < 1.29 is 38.1 Å². The Labute approximate surface area is 298 Å². The lowest BCUT2D eigenvalue weighted by atomic mass is 10.1. The van der Waals surface area contributed by atoms with Crippen LogP contribution in [-0.4, -0.2) is 113 Å². The molecule has 2 atom stereocenters. The molecule has 0 spiro atoms. The number of fused-ring (bicyclic) bond motifs is 4. The van der Waals surface area contributed by atoms with Gasteiger partial charge in [-0.2, -0.15) is 0 Å².